The first kappa shape index (κ1) is 17.5. The summed E-state index contributed by atoms with van der Waals surface area (Å²) < 4.78 is 56.9. The SMILES string of the molecule is Cc1ccc(S(C)(=O)=O)c(NS(=O)(=O)c2cc3cc(C)ccc3o2)c1. The lowest BCUT2D eigenvalue weighted by molar-refractivity contribution is 0.484. The average molecular weight is 379 g/mol. The Labute approximate surface area is 146 Å². The second kappa shape index (κ2) is 5.89. The Morgan fingerprint density at radius 2 is 1.52 bits per heavy atom. The molecule has 1 N–H and O–H groups in total. The number of hydrogen-bond donors (Lipinski definition) is 1. The van der Waals surface area contributed by atoms with Crippen LogP contribution in [0.5, 0.6) is 0 Å². The van der Waals surface area contributed by atoms with E-state index in [-0.39, 0.29) is 15.7 Å². The lowest BCUT2D eigenvalue weighted by Gasteiger charge is -2.11. The molecule has 0 bridgehead atoms. The van der Waals surface area contributed by atoms with Crippen molar-refractivity contribution in [2.45, 2.75) is 23.8 Å². The van der Waals surface area contributed by atoms with E-state index < -0.39 is 19.9 Å². The molecule has 0 saturated heterocycles. The van der Waals surface area contributed by atoms with E-state index in [1.54, 1.807) is 19.1 Å². The molecule has 1 heterocycles. The van der Waals surface area contributed by atoms with Crippen LogP contribution in [0.15, 0.2) is 56.9 Å². The standard InChI is InChI=1S/C17H17NO5S2/c1-11-4-6-15-13(8-11)10-17(23-15)25(21,22)18-14-9-12(2)5-7-16(14)24(3,19)20/h4-10,18H,1-3H3. The molecule has 0 aliphatic carbocycles. The Morgan fingerprint density at radius 1 is 0.880 bits per heavy atom. The third kappa shape index (κ3) is 3.54. The van der Waals surface area contributed by atoms with Crippen LogP contribution in [0.2, 0.25) is 0 Å². The fraction of sp³-hybridized carbons (Fsp3) is 0.176. The average Bonchev–Trinajstić information content (AvgIpc) is 2.89. The Hall–Kier alpha value is -2.32. The summed E-state index contributed by atoms with van der Waals surface area (Å²) in [5.74, 6) is 0. The number of fused-ring (bicyclic) bond motifs is 1. The highest BCUT2D eigenvalue weighted by molar-refractivity contribution is 7.93. The predicted octanol–water partition coefficient (Wildman–Crippen LogP) is 3.25. The minimum Gasteiger partial charge on any atom is -0.443 e. The highest BCUT2D eigenvalue weighted by atomic mass is 32.2. The maximum absolute atomic E-state index is 12.6. The minimum atomic E-state index is -4.07. The van der Waals surface area contributed by atoms with Gasteiger partial charge >= 0.3 is 0 Å². The molecule has 2 aromatic carbocycles. The number of aryl methyl sites for hydroxylation is 2. The van der Waals surface area contributed by atoms with Crippen LogP contribution in [0.4, 0.5) is 5.69 Å². The zero-order chi connectivity index (χ0) is 18.4. The Balaban J connectivity index is 2.08. The van der Waals surface area contributed by atoms with Gasteiger partial charge in [0, 0.05) is 17.7 Å². The fourth-order valence-corrected chi connectivity index (χ4v) is 4.44. The molecule has 3 rings (SSSR count). The van der Waals surface area contributed by atoms with E-state index in [0.29, 0.717) is 11.0 Å². The highest BCUT2D eigenvalue weighted by Crippen LogP contribution is 2.28. The van der Waals surface area contributed by atoms with Crippen molar-refractivity contribution in [1.82, 2.24) is 0 Å². The highest BCUT2D eigenvalue weighted by Gasteiger charge is 2.23. The molecule has 0 amide bonds. The van der Waals surface area contributed by atoms with Crippen molar-refractivity contribution in [2.24, 2.45) is 0 Å². The molecule has 6 nitrogen and oxygen atoms in total. The molecule has 8 heteroatoms. The molecule has 0 radical (unpaired) electrons. The van der Waals surface area contributed by atoms with Gasteiger partial charge in [-0.1, -0.05) is 17.7 Å². The summed E-state index contributed by atoms with van der Waals surface area (Å²) in [6, 6.07) is 11.2. The summed E-state index contributed by atoms with van der Waals surface area (Å²) in [7, 11) is -7.66. The van der Waals surface area contributed by atoms with Crippen molar-refractivity contribution in [3.63, 3.8) is 0 Å². The summed E-state index contributed by atoms with van der Waals surface area (Å²) in [6.07, 6.45) is 1.03. The zero-order valence-electron chi connectivity index (χ0n) is 13.9. The molecule has 0 unspecified atom stereocenters. The lowest BCUT2D eigenvalue weighted by atomic mass is 10.2. The summed E-state index contributed by atoms with van der Waals surface area (Å²) in [4.78, 5) is -0.0892. The van der Waals surface area contributed by atoms with Crippen molar-refractivity contribution in [1.29, 1.82) is 0 Å². The number of rotatable bonds is 4. The number of sulfonamides is 1. The number of anilines is 1. The monoisotopic (exact) mass is 379 g/mol. The molecule has 0 saturated carbocycles. The second-order valence-electron chi connectivity index (χ2n) is 5.98. The predicted molar refractivity (Wildman–Crippen MR) is 96.0 cm³/mol. The summed E-state index contributed by atoms with van der Waals surface area (Å²) in [6.45, 7) is 3.64. The summed E-state index contributed by atoms with van der Waals surface area (Å²) >= 11 is 0. The van der Waals surface area contributed by atoms with Gasteiger partial charge < -0.3 is 4.42 Å². The largest absolute Gasteiger partial charge is 0.443 e. The molecule has 0 aliphatic rings. The van der Waals surface area contributed by atoms with Crippen molar-refractivity contribution in [3.8, 4) is 0 Å². The molecule has 132 valence electrons. The smallest absolute Gasteiger partial charge is 0.295 e. The molecular weight excluding hydrogens is 362 g/mol. The van der Waals surface area contributed by atoms with Gasteiger partial charge in [-0.15, -0.1) is 0 Å². The van der Waals surface area contributed by atoms with Crippen molar-refractivity contribution in [2.75, 3.05) is 11.0 Å². The number of furan rings is 1. The molecular formula is C17H17NO5S2. The third-order valence-corrected chi connectivity index (χ3v) is 6.07. The minimum absolute atomic E-state index is 0.000799. The number of sulfone groups is 1. The summed E-state index contributed by atoms with van der Waals surface area (Å²) in [5, 5.41) is 0.391. The lowest BCUT2D eigenvalue weighted by Crippen LogP contribution is -2.15. The zero-order valence-corrected chi connectivity index (χ0v) is 15.5. The maximum Gasteiger partial charge on any atom is 0.295 e. The molecule has 0 atom stereocenters. The number of hydrogen-bond acceptors (Lipinski definition) is 5. The van der Waals surface area contributed by atoms with Crippen LogP contribution in [0.1, 0.15) is 11.1 Å². The molecule has 0 aliphatic heterocycles. The van der Waals surface area contributed by atoms with Gasteiger partial charge in [0.1, 0.15) is 5.58 Å². The van der Waals surface area contributed by atoms with Crippen molar-refractivity contribution >= 4 is 36.5 Å². The van der Waals surface area contributed by atoms with E-state index >= 15 is 0 Å². The van der Waals surface area contributed by atoms with E-state index in [4.69, 9.17) is 4.42 Å². The van der Waals surface area contributed by atoms with Crippen LogP contribution >= 0.6 is 0 Å². The topological polar surface area (TPSA) is 93.5 Å². The number of nitrogens with one attached hydrogen (secondary N) is 1. The second-order valence-corrected chi connectivity index (χ2v) is 9.58. The van der Waals surface area contributed by atoms with E-state index in [1.807, 2.05) is 19.1 Å². The van der Waals surface area contributed by atoms with Crippen molar-refractivity contribution in [3.05, 3.63) is 53.6 Å². The van der Waals surface area contributed by atoms with Gasteiger partial charge in [-0.3, -0.25) is 4.72 Å². The quantitative estimate of drug-likeness (QED) is 0.751. The van der Waals surface area contributed by atoms with Crippen LogP contribution in [0.25, 0.3) is 11.0 Å². The van der Waals surface area contributed by atoms with Crippen molar-refractivity contribution < 1.29 is 21.3 Å². The van der Waals surface area contributed by atoms with Gasteiger partial charge in [-0.05, 0) is 43.7 Å². The molecule has 1 aromatic heterocycles. The van der Waals surface area contributed by atoms with E-state index in [1.165, 1.54) is 18.2 Å². The molecule has 25 heavy (non-hydrogen) atoms. The third-order valence-electron chi connectivity index (χ3n) is 3.69. The Bertz CT molecular complexity index is 1170. The van der Waals surface area contributed by atoms with Gasteiger partial charge in [0.25, 0.3) is 10.0 Å². The van der Waals surface area contributed by atoms with Gasteiger partial charge in [-0.25, -0.2) is 8.42 Å². The van der Waals surface area contributed by atoms with E-state index in [0.717, 1.165) is 17.4 Å². The van der Waals surface area contributed by atoms with Crippen LogP contribution < -0.4 is 4.72 Å². The first-order valence-corrected chi connectivity index (χ1v) is 10.8. The first-order valence-electron chi connectivity index (χ1n) is 7.40. The van der Waals surface area contributed by atoms with Gasteiger partial charge in [-0.2, -0.15) is 8.42 Å². The van der Waals surface area contributed by atoms with Crippen LogP contribution in [0.3, 0.4) is 0 Å². The number of benzene rings is 2. The summed E-state index contributed by atoms with van der Waals surface area (Å²) in [5.41, 5.74) is 2.14. The van der Waals surface area contributed by atoms with Gasteiger partial charge in [0.05, 0.1) is 10.6 Å². The van der Waals surface area contributed by atoms with E-state index in [9.17, 15) is 16.8 Å². The normalized spacial score (nSPS) is 12.4. The van der Waals surface area contributed by atoms with Gasteiger partial charge in [0.2, 0.25) is 5.09 Å². The first-order chi connectivity index (χ1) is 11.6. The Kier molecular flexibility index (Phi) is 4.12. The van der Waals surface area contributed by atoms with Crippen LogP contribution in [-0.2, 0) is 19.9 Å². The van der Waals surface area contributed by atoms with Crippen LogP contribution in [-0.4, -0.2) is 23.1 Å². The molecule has 3 aromatic rings. The fourth-order valence-electron chi connectivity index (χ4n) is 2.51. The van der Waals surface area contributed by atoms with Gasteiger partial charge in [0.15, 0.2) is 9.84 Å². The van der Waals surface area contributed by atoms with E-state index in [2.05, 4.69) is 4.72 Å². The maximum atomic E-state index is 12.6. The molecule has 0 spiro atoms. The Morgan fingerprint density at radius 3 is 2.20 bits per heavy atom. The van der Waals surface area contributed by atoms with Crippen LogP contribution in [0, 0.1) is 13.8 Å². The molecule has 0 fully saturated rings.